The fraction of sp³-hybridized carbons (Fsp3) is 0.345. The van der Waals surface area contributed by atoms with Crippen LogP contribution in [0.5, 0.6) is 11.8 Å². The van der Waals surface area contributed by atoms with E-state index in [0.29, 0.717) is 49.3 Å². The number of piperidine rings is 1. The molecule has 1 fully saturated rings. The second-order valence-electron chi connectivity index (χ2n) is 9.88. The minimum Gasteiger partial charge on any atom is -0.508 e. The molecule has 9 heteroatoms. The Morgan fingerprint density at radius 1 is 1.16 bits per heavy atom. The maximum atomic E-state index is 16.4. The van der Waals surface area contributed by atoms with Crippen LogP contribution in [0.1, 0.15) is 19.3 Å². The number of aromatic hydroxyl groups is 1. The van der Waals surface area contributed by atoms with Crippen molar-refractivity contribution >= 4 is 39.1 Å². The third-order valence-corrected chi connectivity index (χ3v) is 7.21. The molecule has 1 aliphatic rings. The highest BCUT2D eigenvalue weighted by Gasteiger charge is 2.26. The van der Waals surface area contributed by atoms with Gasteiger partial charge in [-0.1, -0.05) is 35.9 Å². The number of benzene rings is 3. The molecule has 2 heterocycles. The van der Waals surface area contributed by atoms with Crippen LogP contribution in [0, 0.1) is 23.1 Å². The minimum atomic E-state index is -0.600. The normalized spacial score (nSPS) is 14.4. The van der Waals surface area contributed by atoms with E-state index in [9.17, 15) is 10.4 Å². The maximum Gasteiger partial charge on any atom is 0.319 e. The van der Waals surface area contributed by atoms with Crippen LogP contribution in [0.15, 0.2) is 42.5 Å². The van der Waals surface area contributed by atoms with E-state index in [1.807, 2.05) is 43.3 Å². The first kappa shape index (κ1) is 26.0. The molecule has 0 radical (unpaired) electrons. The van der Waals surface area contributed by atoms with Gasteiger partial charge < -0.3 is 19.6 Å². The van der Waals surface area contributed by atoms with Crippen LogP contribution in [-0.2, 0) is 0 Å². The molecular weight excluding hydrogens is 505 g/mol. The lowest BCUT2D eigenvalue weighted by atomic mass is 9.95. The highest BCUT2D eigenvalue weighted by Crippen LogP contribution is 2.42. The van der Waals surface area contributed by atoms with Crippen molar-refractivity contribution in [2.24, 2.45) is 5.92 Å². The van der Waals surface area contributed by atoms with Crippen molar-refractivity contribution in [3.63, 3.8) is 0 Å². The van der Waals surface area contributed by atoms with Gasteiger partial charge in [0.05, 0.1) is 17.7 Å². The number of nitriles is 1. The molecule has 0 bridgehead atoms. The first-order valence-electron chi connectivity index (χ1n) is 12.7. The first-order valence-corrected chi connectivity index (χ1v) is 13.1. The summed E-state index contributed by atoms with van der Waals surface area (Å²) in [5, 5.41) is 21.9. The van der Waals surface area contributed by atoms with Gasteiger partial charge >= 0.3 is 6.01 Å². The van der Waals surface area contributed by atoms with Crippen LogP contribution in [-0.4, -0.2) is 60.3 Å². The highest BCUT2D eigenvalue weighted by atomic mass is 35.5. The zero-order valence-corrected chi connectivity index (χ0v) is 22.2. The lowest BCUT2D eigenvalue weighted by Gasteiger charge is -2.31. The van der Waals surface area contributed by atoms with Gasteiger partial charge in [-0.3, -0.25) is 0 Å². The molecule has 1 aromatic heterocycles. The predicted octanol–water partition coefficient (Wildman–Crippen LogP) is 6.02. The van der Waals surface area contributed by atoms with Gasteiger partial charge in [0.1, 0.15) is 17.1 Å². The van der Waals surface area contributed by atoms with Crippen molar-refractivity contribution in [1.29, 1.82) is 5.26 Å². The molecule has 0 aliphatic carbocycles. The van der Waals surface area contributed by atoms with E-state index in [1.54, 1.807) is 12.1 Å². The van der Waals surface area contributed by atoms with Gasteiger partial charge in [0.15, 0.2) is 5.82 Å². The topological polar surface area (TPSA) is 85.5 Å². The van der Waals surface area contributed by atoms with E-state index < -0.39 is 5.82 Å². The largest absolute Gasteiger partial charge is 0.508 e. The summed E-state index contributed by atoms with van der Waals surface area (Å²) in [5.74, 6) is -0.0472. The van der Waals surface area contributed by atoms with Gasteiger partial charge in [-0.2, -0.15) is 15.2 Å². The Morgan fingerprint density at radius 2 is 1.92 bits per heavy atom. The van der Waals surface area contributed by atoms with Crippen molar-refractivity contribution < 1.29 is 14.2 Å². The second-order valence-corrected chi connectivity index (χ2v) is 10.3. The first-order chi connectivity index (χ1) is 18.4. The third kappa shape index (κ3) is 5.17. The zero-order valence-electron chi connectivity index (χ0n) is 21.4. The molecule has 3 aromatic carbocycles. The van der Waals surface area contributed by atoms with E-state index >= 15 is 4.39 Å². The number of ether oxygens (including phenoxy) is 1. The van der Waals surface area contributed by atoms with Crippen molar-refractivity contribution in [3.8, 4) is 29.0 Å². The van der Waals surface area contributed by atoms with Crippen LogP contribution in [0.25, 0.3) is 32.8 Å². The van der Waals surface area contributed by atoms with Gasteiger partial charge in [0.25, 0.3) is 0 Å². The number of hydrogen-bond acceptors (Lipinski definition) is 7. The Morgan fingerprint density at radius 3 is 2.66 bits per heavy atom. The summed E-state index contributed by atoms with van der Waals surface area (Å²) >= 11 is 6.75. The number of phenols is 1. The quantitative estimate of drug-likeness (QED) is 0.291. The summed E-state index contributed by atoms with van der Waals surface area (Å²) < 4.78 is 22.3. The Labute approximate surface area is 226 Å². The standard InChI is InChI=1S/C29H29ClFN5O2/c1-35(2)10-5-13-38-29-33-27-23(28(34-29)36-11-8-18(17-32)9-12-36)16-24(30)25(26(27)31)22-15-20(37)14-19-6-3-4-7-21(19)22/h3-4,6-7,14-16,18,37H,5,8-13H2,1-2H3. The third-order valence-electron chi connectivity index (χ3n) is 6.92. The van der Waals surface area contributed by atoms with Crippen LogP contribution in [0.3, 0.4) is 0 Å². The Bertz CT molecular complexity index is 1530. The van der Waals surface area contributed by atoms with Gasteiger partial charge in [-0.05, 0) is 67.9 Å². The molecule has 0 unspecified atom stereocenters. The fourth-order valence-corrected chi connectivity index (χ4v) is 5.27. The lowest BCUT2D eigenvalue weighted by Crippen LogP contribution is -2.34. The van der Waals surface area contributed by atoms with Crippen LogP contribution in [0.4, 0.5) is 10.2 Å². The number of halogens is 2. The molecule has 196 valence electrons. The minimum absolute atomic E-state index is 0.00734. The molecule has 38 heavy (non-hydrogen) atoms. The molecule has 1 aliphatic heterocycles. The fourth-order valence-electron chi connectivity index (χ4n) is 4.98. The predicted molar refractivity (Wildman–Crippen MR) is 148 cm³/mol. The molecule has 0 spiro atoms. The summed E-state index contributed by atoms with van der Waals surface area (Å²) in [7, 11) is 3.97. The average molecular weight is 534 g/mol. The van der Waals surface area contributed by atoms with Gasteiger partial charge in [0, 0.05) is 36.5 Å². The van der Waals surface area contributed by atoms with E-state index in [4.69, 9.17) is 16.3 Å². The van der Waals surface area contributed by atoms with E-state index in [1.165, 1.54) is 6.07 Å². The molecule has 1 N–H and O–H groups in total. The molecule has 7 nitrogen and oxygen atoms in total. The summed E-state index contributed by atoms with van der Waals surface area (Å²) in [6.45, 7) is 2.45. The number of anilines is 1. The Kier molecular flexibility index (Phi) is 7.50. The number of phenolic OH excluding ortho intramolecular Hbond substituents is 1. The molecule has 1 saturated heterocycles. The maximum absolute atomic E-state index is 16.4. The SMILES string of the molecule is CN(C)CCCOc1nc(N2CCC(C#N)CC2)c2cc(Cl)c(-c3cc(O)cc4ccccc34)c(F)c2n1. The molecule has 0 atom stereocenters. The van der Waals surface area contributed by atoms with Gasteiger partial charge in [0.2, 0.25) is 0 Å². The van der Waals surface area contributed by atoms with Crippen molar-refractivity contribution in [3.05, 3.63) is 53.3 Å². The van der Waals surface area contributed by atoms with Crippen LogP contribution in [0.2, 0.25) is 5.02 Å². The molecular formula is C29H29ClFN5O2. The highest BCUT2D eigenvalue weighted by molar-refractivity contribution is 6.35. The number of fused-ring (bicyclic) bond motifs is 2. The van der Waals surface area contributed by atoms with E-state index in [0.717, 1.165) is 23.7 Å². The molecule has 0 amide bonds. The summed E-state index contributed by atoms with van der Waals surface area (Å²) in [5.41, 5.74) is 0.748. The number of rotatable bonds is 7. The number of nitrogens with zero attached hydrogens (tertiary/aromatic N) is 5. The molecule has 0 saturated carbocycles. The Hall–Kier alpha value is -3.67. The smallest absolute Gasteiger partial charge is 0.319 e. The van der Waals surface area contributed by atoms with E-state index in [2.05, 4.69) is 20.9 Å². The monoisotopic (exact) mass is 533 g/mol. The average Bonchev–Trinajstić information content (AvgIpc) is 2.91. The van der Waals surface area contributed by atoms with E-state index in [-0.39, 0.29) is 33.8 Å². The molecule has 4 aromatic rings. The van der Waals surface area contributed by atoms with Crippen molar-refractivity contribution in [1.82, 2.24) is 14.9 Å². The van der Waals surface area contributed by atoms with Crippen molar-refractivity contribution in [2.45, 2.75) is 19.3 Å². The summed E-state index contributed by atoms with van der Waals surface area (Å²) in [4.78, 5) is 13.3. The van der Waals surface area contributed by atoms with Gasteiger partial charge in [-0.15, -0.1) is 0 Å². The number of hydrogen-bond donors (Lipinski definition) is 1. The van der Waals surface area contributed by atoms with Gasteiger partial charge in [-0.25, -0.2) is 4.39 Å². The number of aromatic nitrogens is 2. The Balaban J connectivity index is 1.65. The lowest BCUT2D eigenvalue weighted by molar-refractivity contribution is 0.264. The van der Waals surface area contributed by atoms with Crippen LogP contribution >= 0.6 is 11.6 Å². The zero-order chi connectivity index (χ0) is 26.8. The van der Waals surface area contributed by atoms with Crippen LogP contribution < -0.4 is 9.64 Å². The van der Waals surface area contributed by atoms with Crippen molar-refractivity contribution in [2.75, 3.05) is 45.2 Å². The second kappa shape index (κ2) is 11.0. The molecule has 5 rings (SSSR count). The summed E-state index contributed by atoms with van der Waals surface area (Å²) in [6.07, 6.45) is 2.16. The summed E-state index contributed by atoms with van der Waals surface area (Å²) in [6, 6.07) is 14.7.